The Hall–Kier alpha value is -1.84. The van der Waals surface area contributed by atoms with Gasteiger partial charge in [-0.25, -0.2) is 0 Å². The molecule has 2 aromatic carbocycles. The monoisotopic (exact) mass is 356 g/mol. The van der Waals surface area contributed by atoms with Gasteiger partial charge in [0.2, 0.25) is 5.91 Å². The van der Waals surface area contributed by atoms with Crippen LogP contribution < -0.4 is 5.32 Å². The van der Waals surface area contributed by atoms with Crippen molar-refractivity contribution in [1.29, 1.82) is 0 Å². The lowest BCUT2D eigenvalue weighted by Gasteiger charge is -2.32. The number of amides is 1. The molecule has 4 heteroatoms. The van der Waals surface area contributed by atoms with Crippen LogP contribution in [0.2, 0.25) is 5.02 Å². The zero-order valence-corrected chi connectivity index (χ0v) is 15.4. The Balaban J connectivity index is 1.58. The molecule has 2 aromatic rings. The Morgan fingerprint density at radius 2 is 1.96 bits per heavy atom. The van der Waals surface area contributed by atoms with Crippen molar-refractivity contribution in [3.05, 3.63) is 64.7 Å². The summed E-state index contributed by atoms with van der Waals surface area (Å²) in [6.45, 7) is 4.72. The van der Waals surface area contributed by atoms with Crippen LogP contribution in [-0.4, -0.2) is 23.9 Å². The van der Waals surface area contributed by atoms with E-state index in [1.165, 1.54) is 5.56 Å². The number of carbonyl (C=O) groups is 1. The van der Waals surface area contributed by atoms with Gasteiger partial charge in [0.05, 0.1) is 5.92 Å². The number of rotatable bonds is 5. The second-order valence-electron chi connectivity index (χ2n) is 6.71. The number of anilines is 1. The van der Waals surface area contributed by atoms with Crippen LogP contribution in [0.3, 0.4) is 0 Å². The molecule has 1 amide bonds. The van der Waals surface area contributed by atoms with Crippen LogP contribution in [0.4, 0.5) is 5.69 Å². The first-order chi connectivity index (χ1) is 12.2. The summed E-state index contributed by atoms with van der Waals surface area (Å²) in [5.74, 6) is 0.148. The summed E-state index contributed by atoms with van der Waals surface area (Å²) in [5.41, 5.74) is 3.28. The molecule has 1 aliphatic rings. The lowest BCUT2D eigenvalue weighted by molar-refractivity contribution is -0.121. The number of halogens is 1. The number of aryl methyl sites for hydroxylation is 1. The Labute approximate surface area is 155 Å². The molecular formula is C21H25ClN2O. The van der Waals surface area contributed by atoms with E-state index in [-0.39, 0.29) is 11.8 Å². The van der Waals surface area contributed by atoms with E-state index in [4.69, 9.17) is 11.6 Å². The number of hydrogen-bond acceptors (Lipinski definition) is 2. The fourth-order valence-electron chi connectivity index (χ4n) is 3.35. The van der Waals surface area contributed by atoms with Crippen LogP contribution in [-0.2, 0) is 17.8 Å². The van der Waals surface area contributed by atoms with Gasteiger partial charge in [0.15, 0.2) is 0 Å². The maximum absolute atomic E-state index is 12.6. The normalized spacial score (nSPS) is 18.1. The summed E-state index contributed by atoms with van der Waals surface area (Å²) in [6.07, 6.45) is 2.99. The van der Waals surface area contributed by atoms with Crippen molar-refractivity contribution >= 4 is 23.2 Å². The number of carbonyl (C=O) groups excluding carboxylic acids is 1. The maximum atomic E-state index is 12.6. The van der Waals surface area contributed by atoms with Gasteiger partial charge in [-0.05, 0) is 55.1 Å². The maximum Gasteiger partial charge on any atom is 0.228 e. The zero-order chi connectivity index (χ0) is 17.6. The van der Waals surface area contributed by atoms with Crippen molar-refractivity contribution in [1.82, 2.24) is 4.90 Å². The molecule has 3 nitrogen and oxygen atoms in total. The smallest absolute Gasteiger partial charge is 0.228 e. The Morgan fingerprint density at radius 1 is 1.20 bits per heavy atom. The number of nitrogens with one attached hydrogen (secondary N) is 1. The van der Waals surface area contributed by atoms with E-state index in [2.05, 4.69) is 35.3 Å². The van der Waals surface area contributed by atoms with Gasteiger partial charge in [0, 0.05) is 23.8 Å². The molecule has 0 unspecified atom stereocenters. The van der Waals surface area contributed by atoms with Crippen LogP contribution in [0, 0.1) is 5.92 Å². The number of nitrogens with zero attached hydrogens (tertiary/aromatic N) is 1. The van der Waals surface area contributed by atoms with Gasteiger partial charge in [-0.3, -0.25) is 9.69 Å². The third-order valence-electron chi connectivity index (χ3n) is 4.86. The minimum Gasteiger partial charge on any atom is -0.326 e. The minimum absolute atomic E-state index is 0.0297. The van der Waals surface area contributed by atoms with Crippen molar-refractivity contribution < 1.29 is 4.79 Å². The molecule has 0 aliphatic carbocycles. The topological polar surface area (TPSA) is 32.3 Å². The average molecular weight is 357 g/mol. The van der Waals surface area contributed by atoms with E-state index in [0.29, 0.717) is 0 Å². The molecular weight excluding hydrogens is 332 g/mol. The predicted octanol–water partition coefficient (Wildman–Crippen LogP) is 4.75. The van der Waals surface area contributed by atoms with Gasteiger partial charge in [-0.15, -0.1) is 0 Å². The lowest BCUT2D eigenvalue weighted by Crippen LogP contribution is -2.40. The Morgan fingerprint density at radius 3 is 2.68 bits per heavy atom. The second-order valence-corrected chi connectivity index (χ2v) is 7.11. The van der Waals surface area contributed by atoms with E-state index in [0.717, 1.165) is 55.2 Å². The highest BCUT2D eigenvalue weighted by molar-refractivity contribution is 6.31. The quantitative estimate of drug-likeness (QED) is 0.838. The van der Waals surface area contributed by atoms with Gasteiger partial charge >= 0.3 is 0 Å². The molecule has 0 saturated carbocycles. The lowest BCUT2D eigenvalue weighted by atomic mass is 9.96. The van der Waals surface area contributed by atoms with Gasteiger partial charge in [0.25, 0.3) is 0 Å². The van der Waals surface area contributed by atoms with Gasteiger partial charge in [-0.1, -0.05) is 48.9 Å². The van der Waals surface area contributed by atoms with Crippen LogP contribution in [0.1, 0.15) is 30.9 Å². The van der Waals surface area contributed by atoms with Crippen LogP contribution in [0.5, 0.6) is 0 Å². The highest BCUT2D eigenvalue weighted by atomic mass is 35.5. The zero-order valence-electron chi connectivity index (χ0n) is 14.7. The van der Waals surface area contributed by atoms with Crippen molar-refractivity contribution in [2.45, 2.75) is 32.7 Å². The molecule has 132 valence electrons. The summed E-state index contributed by atoms with van der Waals surface area (Å²) >= 11 is 6.27. The van der Waals surface area contributed by atoms with Crippen LogP contribution >= 0.6 is 11.6 Å². The SMILES string of the molecule is CCc1ccc(NC(=O)[C@@H]2CCCN(Cc3ccccc3Cl)C2)cc1. The standard InChI is InChI=1S/C21H25ClN2O/c1-2-16-9-11-19(12-10-16)23-21(25)18-7-5-13-24(15-18)14-17-6-3-4-8-20(17)22/h3-4,6,8-12,18H,2,5,7,13-15H2,1H3,(H,23,25)/t18-/m1/s1. The summed E-state index contributed by atoms with van der Waals surface area (Å²) in [5, 5.41) is 3.86. The number of likely N-dealkylation sites (tertiary alicyclic amines) is 1. The van der Waals surface area contributed by atoms with Crippen LogP contribution in [0.25, 0.3) is 0 Å². The third-order valence-corrected chi connectivity index (χ3v) is 5.23. The van der Waals surface area contributed by atoms with Crippen molar-refractivity contribution in [3.63, 3.8) is 0 Å². The summed E-state index contributed by atoms with van der Waals surface area (Å²) < 4.78 is 0. The summed E-state index contributed by atoms with van der Waals surface area (Å²) in [4.78, 5) is 15.0. The van der Waals surface area contributed by atoms with E-state index >= 15 is 0 Å². The third kappa shape index (κ3) is 4.83. The molecule has 0 radical (unpaired) electrons. The van der Waals surface area contributed by atoms with E-state index in [1.807, 2.05) is 30.3 Å². The van der Waals surface area contributed by atoms with E-state index < -0.39 is 0 Å². The van der Waals surface area contributed by atoms with Crippen molar-refractivity contribution in [2.24, 2.45) is 5.92 Å². The largest absolute Gasteiger partial charge is 0.326 e. The van der Waals surface area contributed by atoms with Gasteiger partial charge in [0.1, 0.15) is 0 Å². The predicted molar refractivity (Wildman–Crippen MR) is 104 cm³/mol. The highest BCUT2D eigenvalue weighted by Gasteiger charge is 2.26. The fraction of sp³-hybridized carbons (Fsp3) is 0.381. The Kier molecular flexibility index (Phi) is 6.11. The number of piperidine rings is 1. The number of hydrogen-bond donors (Lipinski definition) is 1. The molecule has 1 heterocycles. The van der Waals surface area contributed by atoms with Crippen molar-refractivity contribution in [3.8, 4) is 0 Å². The van der Waals surface area contributed by atoms with Gasteiger partial charge in [-0.2, -0.15) is 0 Å². The first kappa shape index (κ1) is 18.0. The van der Waals surface area contributed by atoms with Crippen LogP contribution in [0.15, 0.2) is 48.5 Å². The minimum atomic E-state index is 0.0297. The molecule has 1 N–H and O–H groups in total. The molecule has 1 fully saturated rings. The first-order valence-electron chi connectivity index (χ1n) is 9.01. The molecule has 1 saturated heterocycles. The molecule has 25 heavy (non-hydrogen) atoms. The first-order valence-corrected chi connectivity index (χ1v) is 9.39. The molecule has 0 aromatic heterocycles. The average Bonchev–Trinajstić information content (AvgIpc) is 2.64. The Bertz CT molecular complexity index is 714. The van der Waals surface area contributed by atoms with E-state index in [9.17, 15) is 4.79 Å². The number of benzene rings is 2. The van der Waals surface area contributed by atoms with Crippen molar-refractivity contribution in [2.75, 3.05) is 18.4 Å². The van der Waals surface area contributed by atoms with E-state index in [1.54, 1.807) is 0 Å². The molecule has 3 rings (SSSR count). The van der Waals surface area contributed by atoms with Gasteiger partial charge < -0.3 is 5.32 Å². The summed E-state index contributed by atoms with van der Waals surface area (Å²) in [6, 6.07) is 16.0. The summed E-state index contributed by atoms with van der Waals surface area (Å²) in [7, 11) is 0. The second kappa shape index (κ2) is 8.50. The fourth-order valence-corrected chi connectivity index (χ4v) is 3.54. The molecule has 1 aliphatic heterocycles. The molecule has 1 atom stereocenters. The molecule has 0 bridgehead atoms. The highest BCUT2D eigenvalue weighted by Crippen LogP contribution is 2.23. The molecule has 0 spiro atoms.